The smallest absolute Gasteiger partial charge is 0.0967 e. The van der Waals surface area contributed by atoms with E-state index in [1.54, 1.807) is 6.20 Å². The zero-order valence-electron chi connectivity index (χ0n) is 7.99. The van der Waals surface area contributed by atoms with Crippen molar-refractivity contribution in [3.05, 3.63) is 24.0 Å². The van der Waals surface area contributed by atoms with E-state index in [9.17, 15) is 5.11 Å². The summed E-state index contributed by atoms with van der Waals surface area (Å²) in [5.41, 5.74) is 1.67. The number of hydrogen-bond donors (Lipinski definition) is 1. The van der Waals surface area contributed by atoms with E-state index in [-0.39, 0.29) is 0 Å². The molecule has 1 aliphatic rings. The summed E-state index contributed by atoms with van der Waals surface area (Å²) >= 11 is 0. The van der Waals surface area contributed by atoms with Crippen LogP contribution in [0.4, 0.5) is 5.69 Å². The molecule has 1 N–H and O–H groups in total. The van der Waals surface area contributed by atoms with Gasteiger partial charge in [-0.3, -0.25) is 4.98 Å². The Morgan fingerprint density at radius 2 is 2.23 bits per heavy atom. The van der Waals surface area contributed by atoms with Gasteiger partial charge in [-0.25, -0.2) is 0 Å². The molecular weight excluding hydrogens is 164 g/mol. The van der Waals surface area contributed by atoms with Crippen molar-refractivity contribution in [1.82, 2.24) is 4.98 Å². The molecule has 0 spiro atoms. The molecular formula is C10H14N2O. The largest absolute Gasteiger partial charge is 0.386 e. The molecule has 0 radical (unpaired) electrons. The van der Waals surface area contributed by atoms with Gasteiger partial charge in [-0.2, -0.15) is 0 Å². The highest BCUT2D eigenvalue weighted by Gasteiger charge is 2.36. The predicted molar refractivity (Wildman–Crippen MR) is 51.8 cm³/mol. The van der Waals surface area contributed by atoms with Crippen molar-refractivity contribution in [3.8, 4) is 0 Å². The minimum Gasteiger partial charge on any atom is -0.386 e. The number of aliphatic hydroxyl groups is 1. The quantitative estimate of drug-likeness (QED) is 0.696. The van der Waals surface area contributed by atoms with E-state index in [4.69, 9.17) is 0 Å². The molecule has 13 heavy (non-hydrogen) atoms. The van der Waals surface area contributed by atoms with Gasteiger partial charge < -0.3 is 10.0 Å². The number of β-amino-alcohol motifs (C(OH)–C–C–N with tert-alkyl or cyclic N) is 1. The molecule has 0 atom stereocenters. The van der Waals surface area contributed by atoms with Gasteiger partial charge in [0.1, 0.15) is 0 Å². The van der Waals surface area contributed by atoms with Gasteiger partial charge in [-0.15, -0.1) is 0 Å². The summed E-state index contributed by atoms with van der Waals surface area (Å²) in [5.74, 6) is 0. The molecule has 1 aromatic rings. The van der Waals surface area contributed by atoms with Crippen LogP contribution < -0.4 is 4.90 Å². The molecule has 0 saturated carbocycles. The third kappa shape index (κ3) is 1.65. The Labute approximate surface area is 78.0 Å². The molecule has 1 aliphatic heterocycles. The lowest BCUT2D eigenvalue weighted by Crippen LogP contribution is -2.60. The molecule has 0 aromatic carbocycles. The fourth-order valence-corrected chi connectivity index (χ4v) is 1.69. The summed E-state index contributed by atoms with van der Waals surface area (Å²) < 4.78 is 0. The molecule has 1 aromatic heterocycles. The molecule has 70 valence electrons. The summed E-state index contributed by atoms with van der Waals surface area (Å²) in [4.78, 5) is 6.28. The SMILES string of the molecule is Cc1cc(N2CC(C)(O)C2)ccn1. The number of nitrogens with zero attached hydrogens (tertiary/aromatic N) is 2. The van der Waals surface area contributed by atoms with E-state index in [1.807, 2.05) is 26.0 Å². The highest BCUT2D eigenvalue weighted by atomic mass is 16.3. The van der Waals surface area contributed by atoms with Gasteiger partial charge in [-0.1, -0.05) is 0 Å². The Morgan fingerprint density at radius 3 is 2.77 bits per heavy atom. The van der Waals surface area contributed by atoms with Crippen molar-refractivity contribution in [2.45, 2.75) is 19.4 Å². The first-order chi connectivity index (χ1) is 6.07. The highest BCUT2D eigenvalue weighted by molar-refractivity contribution is 5.50. The number of anilines is 1. The van der Waals surface area contributed by atoms with Crippen LogP contribution in [0.3, 0.4) is 0 Å². The maximum Gasteiger partial charge on any atom is 0.0967 e. The van der Waals surface area contributed by atoms with Crippen molar-refractivity contribution < 1.29 is 5.11 Å². The van der Waals surface area contributed by atoms with E-state index in [2.05, 4.69) is 9.88 Å². The standard InChI is InChI=1S/C10H14N2O/c1-8-5-9(3-4-11-8)12-6-10(2,13)7-12/h3-5,13H,6-7H2,1-2H3. The third-order valence-corrected chi connectivity index (χ3v) is 2.31. The van der Waals surface area contributed by atoms with E-state index in [0.717, 1.165) is 24.5 Å². The van der Waals surface area contributed by atoms with Crippen LogP contribution in [0.2, 0.25) is 0 Å². The van der Waals surface area contributed by atoms with Crippen molar-refractivity contribution in [2.75, 3.05) is 18.0 Å². The Bertz CT molecular complexity index is 314. The van der Waals surface area contributed by atoms with Crippen molar-refractivity contribution in [2.24, 2.45) is 0 Å². The number of pyridine rings is 1. The van der Waals surface area contributed by atoms with Gasteiger partial charge in [0.05, 0.1) is 5.60 Å². The Kier molecular flexibility index (Phi) is 1.77. The molecule has 1 fully saturated rings. The minimum atomic E-state index is -0.503. The molecule has 1 saturated heterocycles. The second kappa shape index (κ2) is 2.70. The number of rotatable bonds is 1. The average molecular weight is 178 g/mol. The van der Waals surface area contributed by atoms with E-state index in [0.29, 0.717) is 0 Å². The Morgan fingerprint density at radius 1 is 1.54 bits per heavy atom. The second-order valence-corrected chi connectivity index (χ2v) is 4.01. The monoisotopic (exact) mass is 178 g/mol. The summed E-state index contributed by atoms with van der Waals surface area (Å²) in [7, 11) is 0. The highest BCUT2D eigenvalue weighted by Crippen LogP contribution is 2.26. The molecule has 3 nitrogen and oxygen atoms in total. The topological polar surface area (TPSA) is 36.4 Å². The first kappa shape index (κ1) is 8.51. The molecule has 2 heterocycles. The summed E-state index contributed by atoms with van der Waals surface area (Å²) in [6.45, 7) is 5.27. The van der Waals surface area contributed by atoms with Crippen LogP contribution in [-0.4, -0.2) is 28.8 Å². The minimum absolute atomic E-state index is 0.503. The number of hydrogen-bond acceptors (Lipinski definition) is 3. The summed E-state index contributed by atoms with van der Waals surface area (Å²) in [6, 6.07) is 4.01. The summed E-state index contributed by atoms with van der Waals surface area (Å²) in [6.07, 6.45) is 1.80. The van der Waals surface area contributed by atoms with Crippen LogP contribution in [0.25, 0.3) is 0 Å². The Hall–Kier alpha value is -1.09. The lowest BCUT2D eigenvalue weighted by atomic mass is 9.96. The molecule has 0 bridgehead atoms. The van der Waals surface area contributed by atoms with Crippen molar-refractivity contribution in [3.63, 3.8) is 0 Å². The maximum atomic E-state index is 9.56. The lowest BCUT2D eigenvalue weighted by Gasteiger charge is -2.45. The van der Waals surface area contributed by atoms with Gasteiger partial charge >= 0.3 is 0 Å². The lowest BCUT2D eigenvalue weighted by molar-refractivity contribution is 0.0310. The van der Waals surface area contributed by atoms with Gasteiger partial charge in [0.15, 0.2) is 0 Å². The number of aromatic nitrogens is 1. The zero-order valence-corrected chi connectivity index (χ0v) is 7.99. The first-order valence-electron chi connectivity index (χ1n) is 4.47. The molecule has 0 amide bonds. The molecule has 0 aliphatic carbocycles. The maximum absolute atomic E-state index is 9.56. The van der Waals surface area contributed by atoms with Crippen LogP contribution in [0.15, 0.2) is 18.3 Å². The third-order valence-electron chi connectivity index (χ3n) is 2.31. The first-order valence-corrected chi connectivity index (χ1v) is 4.47. The fraction of sp³-hybridized carbons (Fsp3) is 0.500. The Balaban J connectivity index is 2.11. The van der Waals surface area contributed by atoms with Crippen LogP contribution in [0, 0.1) is 6.92 Å². The van der Waals surface area contributed by atoms with Crippen LogP contribution in [0.5, 0.6) is 0 Å². The van der Waals surface area contributed by atoms with Gasteiger partial charge in [-0.05, 0) is 26.0 Å². The van der Waals surface area contributed by atoms with E-state index >= 15 is 0 Å². The van der Waals surface area contributed by atoms with Crippen molar-refractivity contribution in [1.29, 1.82) is 0 Å². The second-order valence-electron chi connectivity index (χ2n) is 4.01. The summed E-state index contributed by atoms with van der Waals surface area (Å²) in [5, 5.41) is 9.56. The van der Waals surface area contributed by atoms with Gasteiger partial charge in [0, 0.05) is 30.7 Å². The normalized spacial score (nSPS) is 19.8. The van der Waals surface area contributed by atoms with Crippen LogP contribution >= 0.6 is 0 Å². The van der Waals surface area contributed by atoms with Gasteiger partial charge in [0.2, 0.25) is 0 Å². The number of aryl methyl sites for hydroxylation is 1. The molecule has 2 rings (SSSR count). The van der Waals surface area contributed by atoms with Crippen LogP contribution in [-0.2, 0) is 0 Å². The van der Waals surface area contributed by atoms with E-state index in [1.165, 1.54) is 0 Å². The molecule has 3 heteroatoms. The van der Waals surface area contributed by atoms with E-state index < -0.39 is 5.60 Å². The predicted octanol–water partition coefficient (Wildman–Crippen LogP) is 0.961. The fourth-order valence-electron chi connectivity index (χ4n) is 1.69. The van der Waals surface area contributed by atoms with Gasteiger partial charge in [0.25, 0.3) is 0 Å². The molecule has 0 unspecified atom stereocenters. The van der Waals surface area contributed by atoms with Crippen molar-refractivity contribution >= 4 is 5.69 Å². The zero-order chi connectivity index (χ0) is 9.47. The van der Waals surface area contributed by atoms with Crippen LogP contribution in [0.1, 0.15) is 12.6 Å². The average Bonchev–Trinajstić information content (AvgIpc) is 2.00.